The van der Waals surface area contributed by atoms with Crippen molar-refractivity contribution in [2.75, 3.05) is 0 Å². The summed E-state index contributed by atoms with van der Waals surface area (Å²) in [7, 11) is 0. The maximum absolute atomic E-state index is 12.3. The molecule has 0 saturated heterocycles. The van der Waals surface area contributed by atoms with Crippen LogP contribution >= 0.6 is 0 Å². The molecule has 3 fully saturated rings. The second kappa shape index (κ2) is 8.76. The first-order valence-electron chi connectivity index (χ1n) is 10.2. The van der Waals surface area contributed by atoms with Crippen molar-refractivity contribution < 1.29 is 37.8 Å². The molecule has 4 N–H and O–H groups in total. The van der Waals surface area contributed by atoms with E-state index in [1.807, 2.05) is 6.07 Å². The Hall–Kier alpha value is -2.78. The third-order valence-electron chi connectivity index (χ3n) is 6.50. The molecule has 5 atom stereocenters. The monoisotopic (exact) mass is 442 g/mol. The van der Waals surface area contributed by atoms with Crippen molar-refractivity contribution >= 4 is 18.0 Å². The Morgan fingerprint density at radius 3 is 2.13 bits per heavy atom. The number of carboxylic acid groups (broad SMARTS) is 2. The van der Waals surface area contributed by atoms with Gasteiger partial charge in [0.2, 0.25) is 0 Å². The summed E-state index contributed by atoms with van der Waals surface area (Å²) >= 11 is 0. The van der Waals surface area contributed by atoms with Crippen LogP contribution in [-0.2, 0) is 16.0 Å². The fourth-order valence-electron chi connectivity index (χ4n) is 4.72. The van der Waals surface area contributed by atoms with E-state index < -0.39 is 23.5 Å². The molecule has 170 valence electrons. The number of carbonyl (C=O) groups is 3. The maximum atomic E-state index is 12.3. The first-order valence-corrected chi connectivity index (χ1v) is 10.2. The minimum Gasteiger partial charge on any atom is -0.481 e. The number of carbonyl (C=O) groups excluding carboxylic acids is 1. The lowest BCUT2D eigenvalue weighted by Gasteiger charge is -2.33. The first-order chi connectivity index (χ1) is 14.5. The molecule has 1 aromatic rings. The van der Waals surface area contributed by atoms with Crippen molar-refractivity contribution in [3.05, 3.63) is 35.9 Å². The van der Waals surface area contributed by atoms with E-state index in [-0.39, 0.29) is 24.0 Å². The Morgan fingerprint density at radius 1 is 1.00 bits per heavy atom. The van der Waals surface area contributed by atoms with Gasteiger partial charge in [0.15, 0.2) is 0 Å². The number of benzene rings is 1. The lowest BCUT2D eigenvalue weighted by Crippen LogP contribution is -2.53. The van der Waals surface area contributed by atoms with Crippen LogP contribution in [0.4, 0.5) is 18.0 Å². The highest BCUT2D eigenvalue weighted by molar-refractivity contribution is 5.82. The van der Waals surface area contributed by atoms with Crippen LogP contribution < -0.4 is 10.6 Å². The normalized spacial score (nSPS) is 30.7. The third-order valence-corrected chi connectivity index (χ3v) is 6.50. The molecule has 3 aliphatic rings. The van der Waals surface area contributed by atoms with Gasteiger partial charge in [-0.2, -0.15) is 13.2 Å². The molecule has 7 nitrogen and oxygen atoms in total. The molecule has 0 aromatic heterocycles. The van der Waals surface area contributed by atoms with Gasteiger partial charge in [0.05, 0.1) is 5.41 Å². The SMILES string of the molecule is O=C(NC1CCCC1Cc1ccccc1)N[C@H]1C[C@@]2(C(=O)O)C[C@@H]12.O=C(O)C(F)(F)F. The van der Waals surface area contributed by atoms with E-state index in [0.29, 0.717) is 18.8 Å². The van der Waals surface area contributed by atoms with Crippen LogP contribution in [0, 0.1) is 17.3 Å². The smallest absolute Gasteiger partial charge is 0.481 e. The summed E-state index contributed by atoms with van der Waals surface area (Å²) < 4.78 is 31.7. The van der Waals surface area contributed by atoms with Crippen molar-refractivity contribution in [3.8, 4) is 0 Å². The largest absolute Gasteiger partial charge is 0.490 e. The predicted molar refractivity (Wildman–Crippen MR) is 103 cm³/mol. The number of alkyl halides is 3. The number of hydrogen-bond donors (Lipinski definition) is 4. The van der Waals surface area contributed by atoms with Crippen molar-refractivity contribution in [2.45, 2.75) is 56.8 Å². The number of aliphatic carboxylic acids is 2. The average molecular weight is 442 g/mol. The number of carboxylic acids is 2. The average Bonchev–Trinajstić information content (AvgIpc) is 3.09. The van der Waals surface area contributed by atoms with Crippen LogP contribution in [0.15, 0.2) is 30.3 Å². The van der Waals surface area contributed by atoms with E-state index in [9.17, 15) is 22.8 Å². The fourth-order valence-corrected chi connectivity index (χ4v) is 4.72. The van der Waals surface area contributed by atoms with E-state index in [1.54, 1.807) is 0 Å². The van der Waals surface area contributed by atoms with Gasteiger partial charge in [0.25, 0.3) is 0 Å². The molecule has 0 spiro atoms. The summed E-state index contributed by atoms with van der Waals surface area (Å²) in [6.07, 6.45) is 0.536. The van der Waals surface area contributed by atoms with Gasteiger partial charge < -0.3 is 20.8 Å². The van der Waals surface area contributed by atoms with E-state index in [4.69, 9.17) is 15.0 Å². The zero-order chi connectivity index (χ0) is 22.8. The van der Waals surface area contributed by atoms with Crippen molar-refractivity contribution in [1.29, 1.82) is 0 Å². The Morgan fingerprint density at radius 2 is 1.61 bits per heavy atom. The number of halogens is 3. The number of fused-ring (bicyclic) bond motifs is 1. The molecule has 1 aromatic carbocycles. The second-order valence-corrected chi connectivity index (χ2v) is 8.49. The number of hydrogen-bond acceptors (Lipinski definition) is 3. The summed E-state index contributed by atoms with van der Waals surface area (Å²) in [4.78, 5) is 32.3. The summed E-state index contributed by atoms with van der Waals surface area (Å²) in [5, 5.41) is 22.4. The molecule has 2 unspecified atom stereocenters. The summed E-state index contributed by atoms with van der Waals surface area (Å²) in [6, 6.07) is 10.5. The Balaban J connectivity index is 0.000000339. The predicted octanol–water partition coefficient (Wildman–Crippen LogP) is 3.19. The third kappa shape index (κ3) is 5.29. The van der Waals surface area contributed by atoms with Gasteiger partial charge in [-0.1, -0.05) is 36.8 Å². The van der Waals surface area contributed by atoms with Gasteiger partial charge in [0.1, 0.15) is 0 Å². The molecule has 3 aliphatic carbocycles. The molecule has 4 rings (SSSR count). The molecular weight excluding hydrogens is 417 g/mol. The van der Waals surface area contributed by atoms with E-state index in [1.165, 1.54) is 5.56 Å². The molecule has 0 radical (unpaired) electrons. The minimum atomic E-state index is -5.08. The van der Waals surface area contributed by atoms with Gasteiger partial charge in [-0.15, -0.1) is 0 Å². The quantitative estimate of drug-likeness (QED) is 0.559. The van der Waals surface area contributed by atoms with Gasteiger partial charge in [-0.25, -0.2) is 9.59 Å². The zero-order valence-corrected chi connectivity index (χ0v) is 16.7. The molecule has 31 heavy (non-hydrogen) atoms. The Bertz CT molecular complexity index is 832. The summed E-state index contributed by atoms with van der Waals surface area (Å²) in [5.41, 5.74) is 0.807. The van der Waals surface area contributed by atoms with Gasteiger partial charge >= 0.3 is 24.1 Å². The summed E-state index contributed by atoms with van der Waals surface area (Å²) in [5.74, 6) is -2.83. The van der Waals surface area contributed by atoms with E-state index in [2.05, 4.69) is 34.9 Å². The lowest BCUT2D eigenvalue weighted by atomic mass is 9.80. The van der Waals surface area contributed by atoms with Crippen molar-refractivity contribution in [1.82, 2.24) is 10.6 Å². The molecular formula is C21H25F3N2O5. The summed E-state index contributed by atoms with van der Waals surface area (Å²) in [6.45, 7) is 0. The van der Waals surface area contributed by atoms with Crippen LogP contribution in [0.5, 0.6) is 0 Å². The lowest BCUT2D eigenvalue weighted by molar-refractivity contribution is -0.192. The van der Waals surface area contributed by atoms with E-state index >= 15 is 0 Å². The molecule has 10 heteroatoms. The highest BCUT2D eigenvalue weighted by atomic mass is 19.4. The zero-order valence-electron chi connectivity index (χ0n) is 16.7. The minimum absolute atomic E-state index is 0.0371. The Kier molecular flexibility index (Phi) is 6.47. The number of nitrogens with one attached hydrogen (secondary N) is 2. The molecule has 0 aliphatic heterocycles. The Labute approximate surface area is 177 Å². The van der Waals surface area contributed by atoms with Crippen LogP contribution in [0.1, 0.15) is 37.7 Å². The van der Waals surface area contributed by atoms with Crippen molar-refractivity contribution in [2.24, 2.45) is 17.3 Å². The molecule has 2 amide bonds. The molecule has 3 saturated carbocycles. The number of rotatable bonds is 5. The second-order valence-electron chi connectivity index (χ2n) is 8.49. The van der Waals surface area contributed by atoms with Gasteiger partial charge in [0, 0.05) is 12.1 Å². The molecule has 0 bridgehead atoms. The fraction of sp³-hybridized carbons (Fsp3) is 0.571. The highest BCUT2D eigenvalue weighted by Gasteiger charge is 2.72. The number of amides is 2. The number of urea groups is 1. The first kappa shape index (κ1) is 22.9. The van der Waals surface area contributed by atoms with Crippen LogP contribution in [0.3, 0.4) is 0 Å². The van der Waals surface area contributed by atoms with E-state index in [0.717, 1.165) is 25.7 Å². The standard InChI is InChI=1S/C19H24N2O3.C2HF3O2/c22-17(23)19-10-14(19)16(11-19)21-18(24)20-15-8-4-7-13(15)9-12-5-2-1-3-6-12;3-2(4,5)1(6)7/h1-3,5-6,13-16H,4,7-11H2,(H,22,23)(H2,20,21,24);(H,6,7)/t13?,14-,15?,16-,19-;/m0./s1. The maximum Gasteiger partial charge on any atom is 0.490 e. The van der Waals surface area contributed by atoms with Crippen LogP contribution in [-0.4, -0.2) is 46.4 Å². The van der Waals surface area contributed by atoms with Crippen LogP contribution in [0.25, 0.3) is 0 Å². The highest BCUT2D eigenvalue weighted by Crippen LogP contribution is 2.67. The van der Waals surface area contributed by atoms with Crippen molar-refractivity contribution in [3.63, 3.8) is 0 Å². The van der Waals surface area contributed by atoms with Gasteiger partial charge in [-0.05, 0) is 49.5 Å². The molecule has 0 heterocycles. The van der Waals surface area contributed by atoms with Crippen LogP contribution in [0.2, 0.25) is 0 Å². The topological polar surface area (TPSA) is 116 Å². The van der Waals surface area contributed by atoms with Gasteiger partial charge in [-0.3, -0.25) is 4.79 Å².